The van der Waals surface area contributed by atoms with E-state index in [4.69, 9.17) is 0 Å². The van der Waals surface area contributed by atoms with Crippen LogP contribution in [-0.2, 0) is 7.05 Å². The molecule has 0 spiro atoms. The average Bonchev–Trinajstić information content (AvgIpc) is 3.13. The number of hydrogen-bond donors (Lipinski definition) is 0. The second kappa shape index (κ2) is 7.70. The molecule has 5 nitrogen and oxygen atoms in total. The number of aromatic nitrogens is 1. The summed E-state index contributed by atoms with van der Waals surface area (Å²) < 4.78 is 15.1. The molecule has 0 N–H and O–H groups in total. The van der Waals surface area contributed by atoms with E-state index in [9.17, 15) is 14.0 Å². The maximum absolute atomic E-state index is 13.1. The van der Waals surface area contributed by atoms with Crippen LogP contribution >= 0.6 is 0 Å². The number of fused-ring (bicyclic) bond motifs is 1. The zero-order valence-electron chi connectivity index (χ0n) is 16.6. The van der Waals surface area contributed by atoms with Crippen LogP contribution in [0.5, 0.6) is 0 Å². The SMILES string of the molecule is CN(C(=O)N1CCC(C(=O)c2ccc3ccn(C)c3c2)CC1)c1ccc(F)cc1. The predicted octanol–water partition coefficient (Wildman–Crippen LogP) is 4.47. The minimum Gasteiger partial charge on any atom is -0.351 e. The van der Waals surface area contributed by atoms with Gasteiger partial charge >= 0.3 is 6.03 Å². The maximum Gasteiger partial charge on any atom is 0.324 e. The lowest BCUT2D eigenvalue weighted by Crippen LogP contribution is -2.46. The summed E-state index contributed by atoms with van der Waals surface area (Å²) in [7, 11) is 3.65. The van der Waals surface area contributed by atoms with Gasteiger partial charge in [0.25, 0.3) is 0 Å². The van der Waals surface area contributed by atoms with Crippen molar-refractivity contribution in [3.63, 3.8) is 0 Å². The first-order valence-electron chi connectivity index (χ1n) is 9.81. The minimum absolute atomic E-state index is 0.0760. The lowest BCUT2D eigenvalue weighted by atomic mass is 9.88. The van der Waals surface area contributed by atoms with Crippen LogP contribution in [0.2, 0.25) is 0 Å². The van der Waals surface area contributed by atoms with Crippen molar-refractivity contribution in [3.8, 4) is 0 Å². The number of halogens is 1. The van der Waals surface area contributed by atoms with Crippen LogP contribution in [0.15, 0.2) is 54.7 Å². The Morgan fingerprint density at radius 2 is 1.72 bits per heavy atom. The molecule has 2 heterocycles. The molecule has 0 aliphatic carbocycles. The summed E-state index contributed by atoms with van der Waals surface area (Å²) in [4.78, 5) is 29.0. The van der Waals surface area contributed by atoms with E-state index in [1.54, 1.807) is 24.1 Å². The first-order valence-corrected chi connectivity index (χ1v) is 9.81. The number of benzene rings is 2. The Balaban J connectivity index is 1.40. The van der Waals surface area contributed by atoms with E-state index < -0.39 is 0 Å². The molecule has 0 bridgehead atoms. The van der Waals surface area contributed by atoms with Crippen LogP contribution in [0, 0.1) is 11.7 Å². The van der Waals surface area contributed by atoms with Crippen LogP contribution in [0.25, 0.3) is 10.9 Å². The highest BCUT2D eigenvalue weighted by atomic mass is 19.1. The second-order valence-corrected chi connectivity index (χ2v) is 7.64. The number of amides is 2. The number of rotatable bonds is 3. The zero-order chi connectivity index (χ0) is 20.5. The van der Waals surface area contributed by atoms with Crippen LogP contribution in [0.1, 0.15) is 23.2 Å². The molecule has 4 rings (SSSR count). The highest BCUT2D eigenvalue weighted by molar-refractivity contribution is 6.01. The molecule has 1 aliphatic heterocycles. The lowest BCUT2D eigenvalue weighted by molar-refractivity contribution is 0.0857. The van der Waals surface area contributed by atoms with Crippen molar-refractivity contribution in [1.29, 1.82) is 0 Å². The van der Waals surface area contributed by atoms with E-state index in [0.29, 0.717) is 31.6 Å². The number of Topliss-reactive ketones (excluding diaryl/α,β-unsaturated/α-hetero) is 1. The molecule has 3 aromatic rings. The van der Waals surface area contributed by atoms with Gasteiger partial charge in [0.15, 0.2) is 5.78 Å². The summed E-state index contributed by atoms with van der Waals surface area (Å²) in [6.07, 6.45) is 3.28. The van der Waals surface area contributed by atoms with E-state index in [1.807, 2.05) is 42.1 Å². The number of ketones is 1. The van der Waals surface area contributed by atoms with Gasteiger partial charge in [-0.25, -0.2) is 9.18 Å². The van der Waals surface area contributed by atoms with Gasteiger partial charge in [-0.2, -0.15) is 0 Å². The fraction of sp³-hybridized carbons (Fsp3) is 0.304. The molecule has 0 saturated carbocycles. The Morgan fingerprint density at radius 3 is 2.41 bits per heavy atom. The summed E-state index contributed by atoms with van der Waals surface area (Å²) in [5.41, 5.74) is 2.42. The van der Waals surface area contributed by atoms with Gasteiger partial charge in [0.05, 0.1) is 0 Å². The number of urea groups is 1. The van der Waals surface area contributed by atoms with Crippen LogP contribution in [0.3, 0.4) is 0 Å². The first kappa shape index (κ1) is 19.2. The quantitative estimate of drug-likeness (QED) is 0.617. The molecule has 1 aliphatic rings. The average molecular weight is 393 g/mol. The Kier molecular flexibility index (Phi) is 5.09. The predicted molar refractivity (Wildman–Crippen MR) is 112 cm³/mol. The molecule has 2 amide bonds. The first-order chi connectivity index (χ1) is 13.9. The molecule has 1 saturated heterocycles. The summed E-state index contributed by atoms with van der Waals surface area (Å²) in [6.45, 7) is 1.07. The van der Waals surface area contributed by atoms with Gasteiger partial charge in [0.2, 0.25) is 0 Å². The molecule has 1 fully saturated rings. The van der Waals surface area contributed by atoms with Gasteiger partial charge in [0.1, 0.15) is 5.82 Å². The molecule has 6 heteroatoms. The third-order valence-corrected chi connectivity index (χ3v) is 5.81. The minimum atomic E-state index is -0.331. The molecule has 0 atom stereocenters. The highest BCUT2D eigenvalue weighted by Gasteiger charge is 2.29. The van der Waals surface area contributed by atoms with Crippen molar-refractivity contribution in [2.75, 3.05) is 25.0 Å². The van der Waals surface area contributed by atoms with Gasteiger partial charge in [-0.1, -0.05) is 12.1 Å². The largest absolute Gasteiger partial charge is 0.351 e. The molecule has 29 heavy (non-hydrogen) atoms. The van der Waals surface area contributed by atoms with Gasteiger partial charge < -0.3 is 9.47 Å². The van der Waals surface area contributed by atoms with E-state index >= 15 is 0 Å². The third-order valence-electron chi connectivity index (χ3n) is 5.81. The third kappa shape index (κ3) is 3.75. The van der Waals surface area contributed by atoms with E-state index in [1.165, 1.54) is 17.0 Å². The summed E-state index contributed by atoms with van der Waals surface area (Å²) >= 11 is 0. The number of carbonyl (C=O) groups is 2. The summed E-state index contributed by atoms with van der Waals surface area (Å²) in [6, 6.07) is 13.6. The summed E-state index contributed by atoms with van der Waals surface area (Å²) in [5.74, 6) is -0.262. The maximum atomic E-state index is 13.1. The van der Waals surface area contributed by atoms with Gasteiger partial charge in [0, 0.05) is 56.1 Å². The Morgan fingerprint density at radius 1 is 1.03 bits per heavy atom. The van der Waals surface area contributed by atoms with Crippen LogP contribution in [0.4, 0.5) is 14.9 Å². The molecule has 2 aromatic carbocycles. The van der Waals surface area contributed by atoms with Gasteiger partial charge in [-0.3, -0.25) is 9.69 Å². The topological polar surface area (TPSA) is 45.6 Å². The number of aryl methyl sites for hydroxylation is 1. The fourth-order valence-electron chi connectivity index (χ4n) is 3.97. The molecular weight excluding hydrogens is 369 g/mol. The number of piperidine rings is 1. The van der Waals surface area contributed by atoms with Gasteiger partial charge in [-0.15, -0.1) is 0 Å². The van der Waals surface area contributed by atoms with E-state index in [-0.39, 0.29) is 23.5 Å². The number of nitrogens with zero attached hydrogens (tertiary/aromatic N) is 3. The van der Waals surface area contributed by atoms with E-state index in [0.717, 1.165) is 16.5 Å². The number of anilines is 1. The van der Waals surface area contributed by atoms with E-state index in [2.05, 4.69) is 0 Å². The molecule has 150 valence electrons. The van der Waals surface area contributed by atoms with Crippen LogP contribution < -0.4 is 4.90 Å². The molecule has 0 unspecified atom stereocenters. The van der Waals surface area contributed by atoms with Gasteiger partial charge in [-0.05, 0) is 54.6 Å². The zero-order valence-corrected chi connectivity index (χ0v) is 16.6. The standard InChI is InChI=1S/C23H24FN3O2/c1-25-12-9-16-3-4-18(15-21(16)25)22(28)17-10-13-27(14-11-17)23(29)26(2)20-7-5-19(24)6-8-20/h3-9,12,15,17H,10-11,13-14H2,1-2H3. The van der Waals surface area contributed by atoms with Crippen molar-refractivity contribution in [2.24, 2.45) is 13.0 Å². The second-order valence-electron chi connectivity index (χ2n) is 7.64. The Bertz CT molecular complexity index is 1050. The monoisotopic (exact) mass is 393 g/mol. The van der Waals surface area contributed by atoms with Crippen molar-refractivity contribution < 1.29 is 14.0 Å². The highest BCUT2D eigenvalue weighted by Crippen LogP contribution is 2.25. The van der Waals surface area contributed by atoms with Crippen molar-refractivity contribution >= 4 is 28.4 Å². The molecule has 1 aromatic heterocycles. The molecule has 0 radical (unpaired) electrons. The van der Waals surface area contributed by atoms with Crippen LogP contribution in [-0.4, -0.2) is 41.4 Å². The lowest BCUT2D eigenvalue weighted by Gasteiger charge is -2.34. The Hall–Kier alpha value is -3.15. The normalized spacial score (nSPS) is 14.9. The number of carbonyl (C=O) groups excluding carboxylic acids is 2. The van der Waals surface area contributed by atoms with Crippen molar-refractivity contribution in [2.45, 2.75) is 12.8 Å². The fourth-order valence-corrected chi connectivity index (χ4v) is 3.97. The Labute approximate surface area is 169 Å². The smallest absolute Gasteiger partial charge is 0.324 e. The number of hydrogen-bond acceptors (Lipinski definition) is 2. The van der Waals surface area contributed by atoms with Crippen molar-refractivity contribution in [3.05, 3.63) is 66.1 Å². The summed E-state index contributed by atoms with van der Waals surface area (Å²) in [5, 5.41) is 1.12. The number of likely N-dealkylation sites (tertiary alicyclic amines) is 1. The van der Waals surface area contributed by atoms with Crippen molar-refractivity contribution in [1.82, 2.24) is 9.47 Å². The molecular formula is C23H24FN3O2.